The highest BCUT2D eigenvalue weighted by molar-refractivity contribution is 5.87. The van der Waals surface area contributed by atoms with Gasteiger partial charge in [-0.25, -0.2) is 0 Å². The molecule has 0 amide bonds. The molecule has 0 heterocycles. The Bertz CT molecular complexity index is 453. The lowest BCUT2D eigenvalue weighted by Crippen LogP contribution is -2.03. The SMILES string of the molecule is CCc1cc(C)c(C)c(CC)c1N=C(C)C(C)C. The monoisotopic (exact) mass is 245 g/mol. The van der Waals surface area contributed by atoms with Crippen LogP contribution in [-0.2, 0) is 12.8 Å². The highest BCUT2D eigenvalue weighted by Gasteiger charge is 2.12. The summed E-state index contributed by atoms with van der Waals surface area (Å²) >= 11 is 0. The number of hydrogen-bond acceptors (Lipinski definition) is 1. The fourth-order valence-corrected chi connectivity index (χ4v) is 2.19. The summed E-state index contributed by atoms with van der Waals surface area (Å²) in [6.07, 6.45) is 2.11. The maximum absolute atomic E-state index is 4.92. The molecule has 1 aromatic carbocycles. The number of nitrogens with zero attached hydrogens (tertiary/aromatic N) is 1. The van der Waals surface area contributed by atoms with Crippen molar-refractivity contribution in [1.29, 1.82) is 0 Å². The van der Waals surface area contributed by atoms with E-state index in [1.165, 1.54) is 33.7 Å². The zero-order valence-corrected chi connectivity index (χ0v) is 13.0. The van der Waals surface area contributed by atoms with Gasteiger partial charge in [0.15, 0.2) is 0 Å². The third-order valence-corrected chi connectivity index (χ3v) is 3.88. The summed E-state index contributed by atoms with van der Waals surface area (Å²) in [5.74, 6) is 0.515. The molecule has 1 rings (SSSR count). The smallest absolute Gasteiger partial charge is 0.0695 e. The lowest BCUT2D eigenvalue weighted by Gasteiger charge is -2.16. The fourth-order valence-electron chi connectivity index (χ4n) is 2.19. The van der Waals surface area contributed by atoms with Crippen molar-refractivity contribution in [2.75, 3.05) is 0 Å². The minimum absolute atomic E-state index is 0.515. The van der Waals surface area contributed by atoms with Crippen molar-refractivity contribution < 1.29 is 0 Å². The molecule has 1 nitrogen and oxygen atoms in total. The normalized spacial score (nSPS) is 12.3. The highest BCUT2D eigenvalue weighted by atomic mass is 14.8. The number of benzene rings is 1. The van der Waals surface area contributed by atoms with Crippen molar-refractivity contribution in [2.45, 2.75) is 61.3 Å². The van der Waals surface area contributed by atoms with Crippen LogP contribution in [0.4, 0.5) is 5.69 Å². The van der Waals surface area contributed by atoms with E-state index in [9.17, 15) is 0 Å². The standard InChI is InChI=1S/C17H27N/c1-8-15-10-12(5)13(6)16(9-2)17(15)18-14(7)11(3)4/h10-11H,8-9H2,1-7H3. The predicted octanol–water partition coefficient (Wildman–Crippen LogP) is 5.18. The summed E-state index contributed by atoms with van der Waals surface area (Å²) in [6, 6.07) is 2.31. The minimum atomic E-state index is 0.515. The lowest BCUT2D eigenvalue weighted by atomic mass is 9.94. The van der Waals surface area contributed by atoms with Gasteiger partial charge in [-0.15, -0.1) is 0 Å². The molecule has 0 atom stereocenters. The first-order chi connectivity index (χ1) is 8.42. The second kappa shape index (κ2) is 6.17. The van der Waals surface area contributed by atoms with Crippen molar-refractivity contribution in [2.24, 2.45) is 10.9 Å². The van der Waals surface area contributed by atoms with Crippen LogP contribution in [0.2, 0.25) is 0 Å². The van der Waals surface area contributed by atoms with Gasteiger partial charge in [-0.1, -0.05) is 33.8 Å². The highest BCUT2D eigenvalue weighted by Crippen LogP contribution is 2.31. The van der Waals surface area contributed by atoms with Crippen molar-refractivity contribution in [1.82, 2.24) is 0 Å². The van der Waals surface area contributed by atoms with Crippen molar-refractivity contribution in [3.63, 3.8) is 0 Å². The van der Waals surface area contributed by atoms with Gasteiger partial charge in [0, 0.05) is 5.71 Å². The first-order valence-electron chi connectivity index (χ1n) is 7.09. The molecule has 0 aromatic heterocycles. The Hall–Kier alpha value is -1.11. The number of aryl methyl sites for hydroxylation is 2. The quantitative estimate of drug-likeness (QED) is 0.648. The van der Waals surface area contributed by atoms with Gasteiger partial charge >= 0.3 is 0 Å². The van der Waals surface area contributed by atoms with Gasteiger partial charge in [0.05, 0.1) is 5.69 Å². The van der Waals surface area contributed by atoms with Crippen LogP contribution in [-0.4, -0.2) is 5.71 Å². The Kier molecular flexibility index (Phi) is 5.13. The molecule has 100 valence electrons. The van der Waals surface area contributed by atoms with E-state index in [0.29, 0.717) is 5.92 Å². The first-order valence-corrected chi connectivity index (χ1v) is 7.09. The van der Waals surface area contributed by atoms with Crippen LogP contribution < -0.4 is 0 Å². The zero-order chi connectivity index (χ0) is 13.9. The van der Waals surface area contributed by atoms with Crippen LogP contribution in [0.15, 0.2) is 11.1 Å². The van der Waals surface area contributed by atoms with E-state index in [4.69, 9.17) is 4.99 Å². The number of aliphatic imine (C=N–C) groups is 1. The average molecular weight is 245 g/mol. The van der Waals surface area contributed by atoms with Gasteiger partial charge < -0.3 is 0 Å². The lowest BCUT2D eigenvalue weighted by molar-refractivity contribution is 0.877. The predicted molar refractivity (Wildman–Crippen MR) is 82.3 cm³/mol. The fraction of sp³-hybridized carbons (Fsp3) is 0.588. The molecule has 0 saturated carbocycles. The van der Waals surface area contributed by atoms with E-state index in [1.54, 1.807) is 0 Å². The van der Waals surface area contributed by atoms with Crippen LogP contribution >= 0.6 is 0 Å². The van der Waals surface area contributed by atoms with Crippen molar-refractivity contribution in [3.8, 4) is 0 Å². The molecule has 18 heavy (non-hydrogen) atoms. The molecule has 0 saturated heterocycles. The summed E-state index contributed by atoms with van der Waals surface area (Å²) < 4.78 is 0. The maximum Gasteiger partial charge on any atom is 0.0695 e. The maximum atomic E-state index is 4.92. The Morgan fingerprint density at radius 1 is 1.17 bits per heavy atom. The molecular formula is C17H27N. The van der Waals surface area contributed by atoms with Gasteiger partial charge in [0.25, 0.3) is 0 Å². The molecule has 0 aliphatic rings. The van der Waals surface area contributed by atoms with Gasteiger partial charge in [0.1, 0.15) is 0 Å². The molecule has 0 spiro atoms. The van der Waals surface area contributed by atoms with Gasteiger partial charge in [-0.3, -0.25) is 4.99 Å². The summed E-state index contributed by atoms with van der Waals surface area (Å²) in [6.45, 7) is 15.4. The van der Waals surface area contributed by atoms with Gasteiger partial charge in [-0.05, 0) is 61.8 Å². The van der Waals surface area contributed by atoms with Crippen molar-refractivity contribution in [3.05, 3.63) is 28.3 Å². The number of hydrogen-bond donors (Lipinski definition) is 0. The Morgan fingerprint density at radius 2 is 1.78 bits per heavy atom. The second-order valence-electron chi connectivity index (χ2n) is 5.42. The molecule has 0 N–H and O–H groups in total. The molecule has 0 fully saturated rings. The first kappa shape index (κ1) is 14.9. The van der Waals surface area contributed by atoms with E-state index < -0.39 is 0 Å². The van der Waals surface area contributed by atoms with Crippen LogP contribution in [0.1, 0.15) is 56.9 Å². The Labute approximate surface area is 112 Å². The second-order valence-corrected chi connectivity index (χ2v) is 5.42. The van der Waals surface area contributed by atoms with E-state index in [-0.39, 0.29) is 0 Å². The third kappa shape index (κ3) is 3.01. The van der Waals surface area contributed by atoms with E-state index in [1.807, 2.05) is 0 Å². The zero-order valence-electron chi connectivity index (χ0n) is 13.0. The van der Waals surface area contributed by atoms with Crippen LogP contribution in [0, 0.1) is 19.8 Å². The van der Waals surface area contributed by atoms with E-state index in [0.717, 1.165) is 12.8 Å². The summed E-state index contributed by atoms with van der Waals surface area (Å²) in [5.41, 5.74) is 8.06. The largest absolute Gasteiger partial charge is 0.257 e. The molecule has 0 bridgehead atoms. The van der Waals surface area contributed by atoms with Gasteiger partial charge in [0.2, 0.25) is 0 Å². The molecule has 0 unspecified atom stereocenters. The minimum Gasteiger partial charge on any atom is -0.257 e. The molecule has 1 heteroatoms. The number of rotatable bonds is 4. The topological polar surface area (TPSA) is 12.4 Å². The summed E-state index contributed by atoms with van der Waals surface area (Å²) in [4.78, 5) is 4.92. The Balaban J connectivity index is 3.49. The van der Waals surface area contributed by atoms with E-state index in [2.05, 4.69) is 54.5 Å². The molecular weight excluding hydrogens is 218 g/mol. The van der Waals surface area contributed by atoms with E-state index >= 15 is 0 Å². The Morgan fingerprint density at radius 3 is 2.22 bits per heavy atom. The van der Waals surface area contributed by atoms with Crippen LogP contribution in [0.5, 0.6) is 0 Å². The molecule has 1 aromatic rings. The average Bonchev–Trinajstić information content (AvgIpc) is 2.33. The molecule has 0 radical (unpaired) electrons. The summed E-state index contributed by atoms with van der Waals surface area (Å²) in [7, 11) is 0. The third-order valence-electron chi connectivity index (χ3n) is 3.88. The van der Waals surface area contributed by atoms with Crippen molar-refractivity contribution >= 4 is 11.4 Å². The molecule has 0 aliphatic heterocycles. The summed E-state index contributed by atoms with van der Waals surface area (Å²) in [5, 5.41) is 0. The van der Waals surface area contributed by atoms with Gasteiger partial charge in [-0.2, -0.15) is 0 Å². The van der Waals surface area contributed by atoms with Crippen LogP contribution in [0.25, 0.3) is 0 Å². The van der Waals surface area contributed by atoms with Crippen LogP contribution in [0.3, 0.4) is 0 Å². The molecule has 0 aliphatic carbocycles.